The Balaban J connectivity index is 1.07. The molecule has 242 valence electrons. The first kappa shape index (κ1) is 33.1. The highest BCUT2D eigenvalue weighted by Gasteiger charge is 2.32. The number of hydrogen-bond acceptors (Lipinski definition) is 9. The number of aromatic nitrogens is 3. The number of anilines is 3. The number of carbonyl (C=O) groups excluding carboxylic acids is 2. The molecule has 0 aliphatic carbocycles. The zero-order valence-corrected chi connectivity index (χ0v) is 26.4. The third-order valence-corrected chi connectivity index (χ3v) is 8.68. The van der Waals surface area contributed by atoms with Crippen molar-refractivity contribution in [3.05, 3.63) is 95.8 Å². The predicted octanol–water partition coefficient (Wildman–Crippen LogP) is 6.13. The Bertz CT molecular complexity index is 1530. The normalized spacial score (nSPS) is 17.8. The summed E-state index contributed by atoms with van der Waals surface area (Å²) in [4.78, 5) is 28.9. The van der Waals surface area contributed by atoms with E-state index in [1.54, 1.807) is 23.9 Å². The number of rotatable bonds is 15. The maximum absolute atomic E-state index is 12.6. The van der Waals surface area contributed by atoms with Crippen LogP contribution in [0.2, 0.25) is 0 Å². The number of thioether (sulfide) groups is 1. The van der Waals surface area contributed by atoms with Crippen LogP contribution < -0.4 is 16.4 Å². The minimum atomic E-state index is -0.589. The quantitative estimate of drug-likeness (QED) is 0.0581. The summed E-state index contributed by atoms with van der Waals surface area (Å²) in [6.45, 7) is -0.0108. The second kappa shape index (κ2) is 16.9. The van der Waals surface area contributed by atoms with Crippen molar-refractivity contribution in [2.45, 2.75) is 75.2 Å². The number of nitrogen functional groups attached to an aromatic ring is 1. The number of H-pyrrole nitrogens is 1. The van der Waals surface area contributed by atoms with Gasteiger partial charge >= 0.3 is 0 Å². The summed E-state index contributed by atoms with van der Waals surface area (Å²) in [6.07, 6.45) is 5.31. The van der Waals surface area contributed by atoms with Crippen LogP contribution in [0.5, 0.6) is 0 Å². The Morgan fingerprint density at radius 2 is 1.59 bits per heavy atom. The van der Waals surface area contributed by atoms with Crippen LogP contribution in [-0.4, -0.2) is 44.0 Å². The smallest absolute Gasteiger partial charge is 0.224 e. The molecule has 4 aromatic rings. The molecule has 46 heavy (non-hydrogen) atoms. The number of aliphatic hydroxyl groups excluding tert-OH is 1. The van der Waals surface area contributed by atoms with E-state index in [4.69, 9.17) is 15.2 Å². The van der Waals surface area contributed by atoms with Crippen molar-refractivity contribution in [1.82, 2.24) is 15.2 Å². The lowest BCUT2D eigenvalue weighted by molar-refractivity contribution is -0.245. The van der Waals surface area contributed by atoms with Gasteiger partial charge < -0.3 is 30.9 Å². The predicted molar refractivity (Wildman–Crippen MR) is 178 cm³/mol. The molecule has 1 aromatic heterocycles. The zero-order chi connectivity index (χ0) is 32.1. The molecule has 0 bridgehead atoms. The van der Waals surface area contributed by atoms with Crippen LogP contribution in [0.4, 0.5) is 17.1 Å². The Hall–Kier alpha value is -4.23. The van der Waals surface area contributed by atoms with Crippen molar-refractivity contribution in [3.63, 3.8) is 0 Å². The average molecular weight is 645 g/mol. The third kappa shape index (κ3) is 9.88. The minimum Gasteiger partial charge on any atom is -0.397 e. The van der Waals surface area contributed by atoms with Gasteiger partial charge in [0.2, 0.25) is 11.8 Å². The van der Waals surface area contributed by atoms with Crippen LogP contribution in [0, 0.1) is 0 Å². The average Bonchev–Trinajstić information content (AvgIpc) is 3.61. The fourth-order valence-corrected chi connectivity index (χ4v) is 5.95. The molecule has 1 saturated heterocycles. The summed E-state index contributed by atoms with van der Waals surface area (Å²) in [7, 11) is 0. The number of carbonyl (C=O) groups is 2. The highest BCUT2D eigenvalue weighted by molar-refractivity contribution is 7.99. The number of hydrogen-bond donors (Lipinski definition) is 5. The Labute approximate surface area is 272 Å². The topological polar surface area (TPSA) is 164 Å². The highest BCUT2D eigenvalue weighted by Crippen LogP contribution is 2.39. The number of unbranched alkanes of at least 4 members (excludes halogenated alkanes) is 3. The zero-order valence-electron chi connectivity index (χ0n) is 25.6. The van der Waals surface area contributed by atoms with Gasteiger partial charge in [-0.15, -0.1) is 0 Å². The first-order chi connectivity index (χ1) is 22.5. The molecule has 1 aliphatic rings. The van der Waals surface area contributed by atoms with E-state index in [1.807, 2.05) is 60.7 Å². The molecule has 0 spiro atoms. The van der Waals surface area contributed by atoms with Gasteiger partial charge in [0.05, 0.1) is 30.2 Å². The summed E-state index contributed by atoms with van der Waals surface area (Å²) in [5.74, 6) is 0.562. The number of nitrogens with zero attached hydrogens (tertiary/aromatic N) is 2. The molecule has 2 heterocycles. The molecule has 11 nitrogen and oxygen atoms in total. The van der Waals surface area contributed by atoms with E-state index in [2.05, 4.69) is 25.8 Å². The summed E-state index contributed by atoms with van der Waals surface area (Å²) in [5.41, 5.74) is 10.5. The number of aromatic amines is 1. The lowest BCUT2D eigenvalue weighted by Crippen LogP contribution is -2.31. The fourth-order valence-electron chi connectivity index (χ4n) is 5.15. The van der Waals surface area contributed by atoms with Crippen molar-refractivity contribution >= 4 is 40.6 Å². The van der Waals surface area contributed by atoms with E-state index in [-0.39, 0.29) is 30.6 Å². The number of benzene rings is 3. The number of aliphatic hydroxyl groups is 1. The molecule has 2 amide bonds. The summed E-state index contributed by atoms with van der Waals surface area (Å²) in [5, 5.41) is 22.8. The van der Waals surface area contributed by atoms with E-state index in [1.165, 1.54) is 6.33 Å². The van der Waals surface area contributed by atoms with Gasteiger partial charge in [0.15, 0.2) is 11.4 Å². The van der Waals surface area contributed by atoms with E-state index in [0.717, 1.165) is 47.5 Å². The second-order valence-electron chi connectivity index (χ2n) is 11.2. The van der Waals surface area contributed by atoms with Crippen molar-refractivity contribution in [1.29, 1.82) is 0 Å². The van der Waals surface area contributed by atoms with E-state index >= 15 is 0 Å². The van der Waals surface area contributed by atoms with E-state index in [0.29, 0.717) is 42.1 Å². The lowest BCUT2D eigenvalue weighted by atomic mass is 10.0. The molecule has 1 fully saturated rings. The van der Waals surface area contributed by atoms with Crippen LogP contribution in [-0.2, 0) is 25.7 Å². The molecule has 5 rings (SSSR count). The highest BCUT2D eigenvalue weighted by atomic mass is 32.2. The van der Waals surface area contributed by atoms with Gasteiger partial charge in [-0.1, -0.05) is 73.1 Å². The van der Waals surface area contributed by atoms with Crippen LogP contribution >= 0.6 is 11.8 Å². The Morgan fingerprint density at radius 1 is 0.891 bits per heavy atom. The fraction of sp³-hybridized carbons (Fsp3) is 0.353. The molecule has 3 aromatic carbocycles. The third-order valence-electron chi connectivity index (χ3n) is 7.67. The molecule has 1 aliphatic heterocycles. The molecule has 0 saturated carbocycles. The first-order valence-corrected chi connectivity index (χ1v) is 16.5. The number of amides is 2. The Morgan fingerprint density at radius 3 is 2.26 bits per heavy atom. The number of ether oxygens (including phenoxy) is 2. The number of para-hydroxylation sites is 2. The molecular formula is C34H40N6O5S. The molecule has 3 atom stereocenters. The largest absolute Gasteiger partial charge is 0.397 e. The van der Waals surface area contributed by atoms with Gasteiger partial charge in [-0.25, -0.2) is 4.98 Å². The first-order valence-electron chi connectivity index (χ1n) is 15.5. The van der Waals surface area contributed by atoms with Gasteiger partial charge in [-0.2, -0.15) is 5.10 Å². The Kier molecular flexibility index (Phi) is 12.2. The van der Waals surface area contributed by atoms with Crippen molar-refractivity contribution < 1.29 is 24.2 Å². The SMILES string of the molecule is Nc1ccccc1NC(=O)CCCCCCC(=O)Nc1ccc(C2OC(CSc3ncn[nH]3)CC(c3ccc(CO)cc3)O2)cc1. The van der Waals surface area contributed by atoms with Crippen LogP contribution in [0.1, 0.15) is 74.0 Å². The van der Waals surface area contributed by atoms with Gasteiger partial charge in [0, 0.05) is 36.3 Å². The van der Waals surface area contributed by atoms with Crippen molar-refractivity contribution in [2.75, 3.05) is 22.1 Å². The van der Waals surface area contributed by atoms with Crippen LogP contribution in [0.3, 0.4) is 0 Å². The molecule has 0 radical (unpaired) electrons. The maximum atomic E-state index is 12.6. The second-order valence-corrected chi connectivity index (χ2v) is 12.2. The molecular weight excluding hydrogens is 604 g/mol. The van der Waals surface area contributed by atoms with Crippen molar-refractivity contribution in [3.8, 4) is 0 Å². The molecule has 3 unspecified atom stereocenters. The number of nitrogens with two attached hydrogens (primary N) is 1. The standard InChI is InChI=1S/C34H40N6O5S/c35-28-7-5-6-8-29(28)39-32(43)10-4-2-1-3-9-31(42)38-26-17-15-25(16-18-26)33-44-27(21-46-34-36-22-37-40-34)19-30(45-33)24-13-11-23(20-41)12-14-24/h5-8,11-18,22,27,30,33,41H,1-4,9-10,19-21,35H2,(H,38,42)(H,39,43)(H,36,37,40). The lowest BCUT2D eigenvalue weighted by Gasteiger charge is -2.36. The van der Waals surface area contributed by atoms with E-state index in [9.17, 15) is 14.7 Å². The maximum Gasteiger partial charge on any atom is 0.224 e. The van der Waals surface area contributed by atoms with Crippen molar-refractivity contribution in [2.24, 2.45) is 0 Å². The summed E-state index contributed by atoms with van der Waals surface area (Å²) < 4.78 is 12.8. The van der Waals surface area contributed by atoms with E-state index < -0.39 is 6.29 Å². The van der Waals surface area contributed by atoms with Crippen LogP contribution in [0.25, 0.3) is 0 Å². The molecule has 6 N–H and O–H groups in total. The van der Waals surface area contributed by atoms with Gasteiger partial charge in [0.25, 0.3) is 0 Å². The summed E-state index contributed by atoms with van der Waals surface area (Å²) in [6, 6.07) is 22.5. The van der Waals surface area contributed by atoms with Crippen LogP contribution in [0.15, 0.2) is 84.3 Å². The van der Waals surface area contributed by atoms with Gasteiger partial charge in [-0.05, 0) is 48.2 Å². The molecule has 12 heteroatoms. The summed E-state index contributed by atoms with van der Waals surface area (Å²) >= 11 is 1.54. The number of nitrogens with one attached hydrogen (secondary N) is 3. The monoisotopic (exact) mass is 644 g/mol. The van der Waals surface area contributed by atoms with Gasteiger partial charge in [-0.3, -0.25) is 14.7 Å². The minimum absolute atomic E-state index is 0.0108. The van der Waals surface area contributed by atoms with Gasteiger partial charge in [0.1, 0.15) is 6.33 Å².